The largest absolute Gasteiger partial charge is 0.404 e. The SMILES string of the molecule is CCc1noc(/C(=C/N)CN)n1.Cl.Cl. The van der Waals surface area contributed by atoms with Gasteiger partial charge >= 0.3 is 0 Å². The first-order chi connectivity index (χ1) is 5.81. The van der Waals surface area contributed by atoms with E-state index in [0.717, 1.165) is 6.42 Å². The Labute approximate surface area is 94.7 Å². The minimum absolute atomic E-state index is 0. The third-order valence-corrected chi connectivity index (χ3v) is 1.48. The molecule has 1 rings (SSSR count). The first-order valence-corrected chi connectivity index (χ1v) is 3.75. The van der Waals surface area contributed by atoms with E-state index in [1.165, 1.54) is 6.20 Å². The Morgan fingerprint density at radius 3 is 2.50 bits per heavy atom. The highest BCUT2D eigenvalue weighted by Gasteiger charge is 2.07. The van der Waals surface area contributed by atoms with Crippen LogP contribution in [0.3, 0.4) is 0 Å². The Kier molecular flexibility index (Phi) is 8.52. The number of aromatic nitrogens is 2. The van der Waals surface area contributed by atoms with Crippen LogP contribution in [0.4, 0.5) is 0 Å². The molecule has 0 radical (unpaired) electrons. The van der Waals surface area contributed by atoms with Gasteiger partial charge in [0, 0.05) is 24.7 Å². The number of hydrogen-bond acceptors (Lipinski definition) is 5. The van der Waals surface area contributed by atoms with Crippen molar-refractivity contribution in [1.82, 2.24) is 10.1 Å². The second kappa shape index (κ2) is 7.61. The van der Waals surface area contributed by atoms with Crippen LogP contribution in [0.1, 0.15) is 18.6 Å². The molecule has 82 valence electrons. The molecule has 0 aliphatic heterocycles. The molecule has 7 heteroatoms. The molecule has 0 fully saturated rings. The molecule has 0 amide bonds. The van der Waals surface area contributed by atoms with Crippen molar-refractivity contribution in [2.24, 2.45) is 11.5 Å². The first-order valence-electron chi connectivity index (χ1n) is 3.75. The minimum Gasteiger partial charge on any atom is -0.404 e. The average molecular weight is 241 g/mol. The Hall–Kier alpha value is -0.780. The highest BCUT2D eigenvalue weighted by molar-refractivity contribution is 5.85. The molecule has 0 saturated carbocycles. The smallest absolute Gasteiger partial charge is 0.256 e. The molecule has 1 heterocycles. The normalized spacial score (nSPS) is 10.3. The number of aryl methyl sites for hydroxylation is 1. The molecule has 0 saturated heterocycles. The van der Waals surface area contributed by atoms with Crippen LogP contribution in [0.2, 0.25) is 0 Å². The lowest BCUT2D eigenvalue weighted by Gasteiger charge is -1.92. The van der Waals surface area contributed by atoms with Crippen LogP contribution in [0.5, 0.6) is 0 Å². The van der Waals surface area contributed by atoms with Gasteiger partial charge in [-0.05, 0) is 0 Å². The fraction of sp³-hybridized carbons (Fsp3) is 0.429. The molecule has 0 aromatic carbocycles. The van der Waals surface area contributed by atoms with E-state index in [-0.39, 0.29) is 24.8 Å². The molecule has 4 N–H and O–H groups in total. The van der Waals surface area contributed by atoms with Crippen LogP contribution >= 0.6 is 24.8 Å². The molecular weight excluding hydrogens is 227 g/mol. The zero-order chi connectivity index (χ0) is 8.97. The van der Waals surface area contributed by atoms with Gasteiger partial charge in [-0.25, -0.2) is 0 Å². The van der Waals surface area contributed by atoms with E-state index >= 15 is 0 Å². The van der Waals surface area contributed by atoms with Gasteiger partial charge in [0.05, 0.1) is 0 Å². The van der Waals surface area contributed by atoms with Crippen molar-refractivity contribution in [1.29, 1.82) is 0 Å². The van der Waals surface area contributed by atoms with E-state index in [2.05, 4.69) is 10.1 Å². The van der Waals surface area contributed by atoms with Crippen molar-refractivity contribution in [2.75, 3.05) is 6.54 Å². The molecule has 5 nitrogen and oxygen atoms in total. The van der Waals surface area contributed by atoms with Crippen molar-refractivity contribution in [2.45, 2.75) is 13.3 Å². The Morgan fingerprint density at radius 2 is 2.14 bits per heavy atom. The Balaban J connectivity index is 0. The Bertz CT molecular complexity index is 287. The monoisotopic (exact) mass is 240 g/mol. The molecule has 0 spiro atoms. The van der Waals surface area contributed by atoms with Gasteiger partial charge in [-0.2, -0.15) is 4.98 Å². The van der Waals surface area contributed by atoms with Gasteiger partial charge in [-0.3, -0.25) is 0 Å². The quantitative estimate of drug-likeness (QED) is 0.814. The van der Waals surface area contributed by atoms with Crippen LogP contribution in [0.15, 0.2) is 10.7 Å². The van der Waals surface area contributed by atoms with E-state index in [9.17, 15) is 0 Å². The van der Waals surface area contributed by atoms with Gasteiger partial charge < -0.3 is 16.0 Å². The third kappa shape index (κ3) is 3.53. The molecule has 0 unspecified atom stereocenters. The molecule has 1 aromatic heterocycles. The average Bonchev–Trinajstić information content (AvgIpc) is 2.55. The molecular formula is C7H14Cl2N4O. The number of nitrogens with zero attached hydrogens (tertiary/aromatic N) is 2. The van der Waals surface area contributed by atoms with Crippen molar-refractivity contribution < 1.29 is 4.52 Å². The summed E-state index contributed by atoms with van der Waals surface area (Å²) in [5.41, 5.74) is 11.4. The van der Waals surface area contributed by atoms with Gasteiger partial charge in [0.1, 0.15) is 0 Å². The minimum atomic E-state index is 0. The zero-order valence-corrected chi connectivity index (χ0v) is 9.40. The molecule has 0 aliphatic carbocycles. The summed E-state index contributed by atoms with van der Waals surface area (Å²) in [6.07, 6.45) is 2.12. The highest BCUT2D eigenvalue weighted by Crippen LogP contribution is 2.08. The van der Waals surface area contributed by atoms with Crippen LogP contribution in [0.25, 0.3) is 5.57 Å². The fourth-order valence-electron chi connectivity index (χ4n) is 0.755. The number of rotatable bonds is 3. The summed E-state index contributed by atoms with van der Waals surface area (Å²) in [4.78, 5) is 4.06. The molecule has 0 atom stereocenters. The van der Waals surface area contributed by atoms with E-state index in [0.29, 0.717) is 23.8 Å². The number of halogens is 2. The summed E-state index contributed by atoms with van der Waals surface area (Å²) in [7, 11) is 0. The standard InChI is InChI=1S/C7H12N4O.2ClH/c1-2-6-10-7(12-11-6)5(3-8)4-9;;/h3H,2,4,8-9H2,1H3;2*1H/b5-3+;;. The van der Waals surface area contributed by atoms with Gasteiger partial charge in [0.25, 0.3) is 5.89 Å². The number of hydrogen-bond donors (Lipinski definition) is 2. The van der Waals surface area contributed by atoms with Gasteiger partial charge in [-0.1, -0.05) is 12.1 Å². The first kappa shape index (κ1) is 15.7. The van der Waals surface area contributed by atoms with Gasteiger partial charge in [0.2, 0.25) is 0 Å². The van der Waals surface area contributed by atoms with E-state index < -0.39 is 0 Å². The van der Waals surface area contributed by atoms with E-state index in [1.54, 1.807) is 0 Å². The number of nitrogens with two attached hydrogens (primary N) is 2. The second-order valence-electron chi connectivity index (χ2n) is 2.27. The van der Waals surface area contributed by atoms with Crippen molar-refractivity contribution in [3.8, 4) is 0 Å². The summed E-state index contributed by atoms with van der Waals surface area (Å²) in [6.45, 7) is 2.25. The highest BCUT2D eigenvalue weighted by atomic mass is 35.5. The predicted octanol–water partition coefficient (Wildman–Crippen LogP) is 0.734. The third-order valence-electron chi connectivity index (χ3n) is 1.48. The lowest BCUT2D eigenvalue weighted by atomic mass is 10.3. The summed E-state index contributed by atoms with van der Waals surface area (Å²) >= 11 is 0. The summed E-state index contributed by atoms with van der Waals surface area (Å²) in [6, 6.07) is 0. The maximum Gasteiger partial charge on any atom is 0.256 e. The summed E-state index contributed by atoms with van der Waals surface area (Å²) in [5, 5.41) is 3.71. The lowest BCUT2D eigenvalue weighted by molar-refractivity contribution is 0.400. The molecule has 1 aromatic rings. The predicted molar refractivity (Wildman–Crippen MR) is 59.4 cm³/mol. The summed E-state index contributed by atoms with van der Waals surface area (Å²) in [5.74, 6) is 1.08. The lowest BCUT2D eigenvalue weighted by Crippen LogP contribution is -2.04. The van der Waals surface area contributed by atoms with Crippen LogP contribution in [-0.2, 0) is 6.42 Å². The van der Waals surface area contributed by atoms with Crippen LogP contribution in [-0.4, -0.2) is 16.7 Å². The molecule has 0 aliphatic rings. The van der Waals surface area contributed by atoms with Crippen molar-refractivity contribution >= 4 is 30.4 Å². The fourth-order valence-corrected chi connectivity index (χ4v) is 0.755. The maximum absolute atomic E-state index is 5.39. The Morgan fingerprint density at radius 1 is 1.50 bits per heavy atom. The summed E-state index contributed by atoms with van der Waals surface area (Å²) < 4.78 is 4.91. The van der Waals surface area contributed by atoms with E-state index in [4.69, 9.17) is 16.0 Å². The van der Waals surface area contributed by atoms with Crippen LogP contribution < -0.4 is 11.5 Å². The van der Waals surface area contributed by atoms with Gasteiger partial charge in [-0.15, -0.1) is 24.8 Å². The molecule has 14 heavy (non-hydrogen) atoms. The topological polar surface area (TPSA) is 91.0 Å². The van der Waals surface area contributed by atoms with Crippen molar-refractivity contribution in [3.05, 3.63) is 17.9 Å². The zero-order valence-electron chi connectivity index (χ0n) is 7.77. The second-order valence-corrected chi connectivity index (χ2v) is 2.27. The van der Waals surface area contributed by atoms with Crippen LogP contribution in [0, 0.1) is 0 Å². The van der Waals surface area contributed by atoms with E-state index in [1.807, 2.05) is 6.92 Å². The van der Waals surface area contributed by atoms with Gasteiger partial charge in [0.15, 0.2) is 5.82 Å². The van der Waals surface area contributed by atoms with Crippen molar-refractivity contribution in [3.63, 3.8) is 0 Å². The maximum atomic E-state index is 5.39. The molecule has 0 bridgehead atoms.